The van der Waals surface area contributed by atoms with Gasteiger partial charge in [-0.1, -0.05) is 0 Å². The van der Waals surface area contributed by atoms with Gasteiger partial charge in [0.1, 0.15) is 5.52 Å². The first-order valence-corrected chi connectivity index (χ1v) is 5.28. The van der Waals surface area contributed by atoms with Gasteiger partial charge in [0.15, 0.2) is 0 Å². The van der Waals surface area contributed by atoms with Crippen molar-refractivity contribution in [1.29, 1.82) is 0 Å². The quantitative estimate of drug-likeness (QED) is 0.376. The third-order valence-electron chi connectivity index (χ3n) is 2.32. The Morgan fingerprint density at radius 2 is 2.25 bits per heavy atom. The van der Waals surface area contributed by atoms with Crippen LogP contribution in [0.3, 0.4) is 0 Å². The van der Waals surface area contributed by atoms with Crippen LogP contribution in [-0.4, -0.2) is 14.7 Å². The summed E-state index contributed by atoms with van der Waals surface area (Å²) in [7, 11) is 0. The van der Waals surface area contributed by atoms with Crippen LogP contribution in [-0.2, 0) is 0 Å². The molecule has 0 aliphatic carbocycles. The van der Waals surface area contributed by atoms with E-state index in [-0.39, 0.29) is 0 Å². The van der Waals surface area contributed by atoms with Gasteiger partial charge >= 0.3 is 0 Å². The van der Waals surface area contributed by atoms with E-state index in [1.165, 1.54) is 0 Å². The van der Waals surface area contributed by atoms with Crippen molar-refractivity contribution in [3.63, 3.8) is 0 Å². The monoisotopic (exact) mass is 279 g/mol. The fourth-order valence-corrected chi connectivity index (χ4v) is 1.94. The maximum atomic E-state index is 11.7. The molecule has 16 heavy (non-hydrogen) atoms. The molecule has 2 heterocycles. The molecule has 0 radical (unpaired) electrons. The number of fused-ring (bicyclic) bond motifs is 3. The summed E-state index contributed by atoms with van der Waals surface area (Å²) in [5, 5.41) is 19.7. The van der Waals surface area contributed by atoms with Crippen molar-refractivity contribution in [2.45, 2.75) is 0 Å². The molecule has 0 aliphatic rings. The molecule has 3 aromatic rings. The number of rotatable bonds is 0. The SMILES string of the molecule is Nc1ccc2c(c1)n1ncc(Br)c1n[n+]2[O-]. The Labute approximate surface area is 98.0 Å². The molecule has 0 unspecified atom stereocenters. The van der Waals surface area contributed by atoms with E-state index in [0.717, 1.165) is 0 Å². The molecule has 6 nitrogen and oxygen atoms in total. The summed E-state index contributed by atoms with van der Waals surface area (Å²) in [6, 6.07) is 4.97. The highest BCUT2D eigenvalue weighted by molar-refractivity contribution is 9.10. The number of aromatic nitrogens is 4. The Hall–Kier alpha value is -1.89. The van der Waals surface area contributed by atoms with Crippen LogP contribution in [0.4, 0.5) is 5.69 Å². The van der Waals surface area contributed by atoms with Crippen LogP contribution < -0.4 is 10.6 Å². The van der Waals surface area contributed by atoms with Gasteiger partial charge in [0.2, 0.25) is 5.65 Å². The molecule has 0 amide bonds. The van der Waals surface area contributed by atoms with Crippen molar-refractivity contribution in [3.05, 3.63) is 34.1 Å². The number of hydrogen-bond acceptors (Lipinski definition) is 4. The van der Waals surface area contributed by atoms with Crippen molar-refractivity contribution in [2.75, 3.05) is 5.73 Å². The van der Waals surface area contributed by atoms with Gasteiger partial charge in [-0.05, 0) is 32.9 Å². The van der Waals surface area contributed by atoms with Crippen molar-refractivity contribution in [1.82, 2.24) is 14.7 Å². The zero-order valence-electron chi connectivity index (χ0n) is 7.96. The molecule has 3 rings (SSSR count). The summed E-state index contributed by atoms with van der Waals surface area (Å²) in [6.45, 7) is 0. The maximum absolute atomic E-state index is 11.7. The highest BCUT2D eigenvalue weighted by atomic mass is 79.9. The van der Waals surface area contributed by atoms with E-state index in [1.807, 2.05) is 0 Å². The lowest BCUT2D eigenvalue weighted by atomic mass is 10.3. The molecule has 2 N–H and O–H groups in total. The van der Waals surface area contributed by atoms with E-state index < -0.39 is 0 Å². The number of hydrogen-bond donors (Lipinski definition) is 1. The normalized spacial score (nSPS) is 11.3. The molecular formula is C9H6BrN5O. The van der Waals surface area contributed by atoms with Crippen molar-refractivity contribution >= 4 is 38.3 Å². The van der Waals surface area contributed by atoms with Crippen LogP contribution >= 0.6 is 15.9 Å². The van der Waals surface area contributed by atoms with Gasteiger partial charge in [-0.3, -0.25) is 0 Å². The zero-order chi connectivity index (χ0) is 11.3. The van der Waals surface area contributed by atoms with E-state index in [9.17, 15) is 5.21 Å². The molecule has 0 bridgehead atoms. The lowest BCUT2D eigenvalue weighted by Gasteiger charge is -2.02. The Morgan fingerprint density at radius 1 is 1.44 bits per heavy atom. The first kappa shape index (κ1) is 9.34. The fourth-order valence-electron chi connectivity index (χ4n) is 1.60. The predicted octanol–water partition coefficient (Wildman–Crippen LogP) is 0.861. The van der Waals surface area contributed by atoms with Gasteiger partial charge in [-0.2, -0.15) is 5.10 Å². The third kappa shape index (κ3) is 1.15. The molecule has 0 saturated carbocycles. The first-order chi connectivity index (χ1) is 7.66. The highest BCUT2D eigenvalue weighted by Gasteiger charge is 2.14. The number of nitrogen functional groups attached to an aromatic ring is 1. The Kier molecular flexibility index (Phi) is 1.78. The van der Waals surface area contributed by atoms with Gasteiger partial charge < -0.3 is 10.9 Å². The van der Waals surface area contributed by atoms with Crippen LogP contribution in [0.15, 0.2) is 28.9 Å². The summed E-state index contributed by atoms with van der Waals surface area (Å²) in [6.07, 6.45) is 1.59. The molecule has 2 aromatic heterocycles. The zero-order valence-corrected chi connectivity index (χ0v) is 9.55. The lowest BCUT2D eigenvalue weighted by molar-refractivity contribution is -0.640. The van der Waals surface area contributed by atoms with Gasteiger partial charge in [-0.25, -0.2) is 4.52 Å². The second-order valence-corrected chi connectivity index (χ2v) is 4.20. The summed E-state index contributed by atoms with van der Waals surface area (Å²) in [5.74, 6) is 0. The molecular weight excluding hydrogens is 274 g/mol. The molecule has 0 fully saturated rings. The molecule has 80 valence electrons. The lowest BCUT2D eigenvalue weighted by Crippen LogP contribution is -2.33. The summed E-state index contributed by atoms with van der Waals surface area (Å²) >= 11 is 3.28. The Morgan fingerprint density at radius 3 is 3.06 bits per heavy atom. The summed E-state index contributed by atoms with van der Waals surface area (Å²) < 4.78 is 2.24. The second kappa shape index (κ2) is 3.05. The van der Waals surface area contributed by atoms with Crippen LogP contribution in [0.5, 0.6) is 0 Å². The van der Waals surface area contributed by atoms with Crippen LogP contribution in [0, 0.1) is 5.21 Å². The molecule has 0 spiro atoms. The van der Waals surface area contributed by atoms with Gasteiger partial charge in [0.25, 0.3) is 5.52 Å². The minimum atomic E-state index is 0.428. The van der Waals surface area contributed by atoms with Crippen molar-refractivity contribution < 1.29 is 4.85 Å². The largest absolute Gasteiger partial charge is 0.594 e. The van der Waals surface area contributed by atoms with E-state index in [2.05, 4.69) is 26.1 Å². The minimum Gasteiger partial charge on any atom is -0.594 e. The molecule has 0 atom stereocenters. The van der Waals surface area contributed by atoms with Crippen molar-refractivity contribution in [2.24, 2.45) is 0 Å². The molecule has 0 saturated heterocycles. The van der Waals surface area contributed by atoms with Gasteiger partial charge in [0, 0.05) is 16.9 Å². The van der Waals surface area contributed by atoms with Crippen LogP contribution in [0.1, 0.15) is 0 Å². The average Bonchev–Trinajstić information content (AvgIpc) is 2.61. The number of benzene rings is 1. The number of nitrogens with two attached hydrogens (primary N) is 1. The summed E-state index contributed by atoms with van der Waals surface area (Å²) in [5.41, 5.74) is 7.79. The van der Waals surface area contributed by atoms with Gasteiger partial charge in [-0.15, -0.1) is 0 Å². The van der Waals surface area contributed by atoms with E-state index in [1.54, 1.807) is 28.9 Å². The Balaban J connectivity index is 2.62. The van der Waals surface area contributed by atoms with Crippen LogP contribution in [0.2, 0.25) is 0 Å². The smallest absolute Gasteiger partial charge is 0.270 e. The Bertz CT molecular complexity index is 708. The molecule has 0 aliphatic heterocycles. The third-order valence-corrected chi connectivity index (χ3v) is 2.88. The highest BCUT2D eigenvalue weighted by Crippen LogP contribution is 2.19. The number of nitrogens with zero attached hydrogens (tertiary/aromatic N) is 4. The standard InChI is InChI=1S/C9H6BrN5O/c10-6-4-12-14-8-3-5(11)1-2-7(8)15(16)13-9(6)14/h1-4H,11H2. The van der Waals surface area contributed by atoms with E-state index >= 15 is 0 Å². The van der Waals surface area contributed by atoms with Crippen LogP contribution in [0.25, 0.3) is 16.7 Å². The fraction of sp³-hybridized carbons (Fsp3) is 0. The average molecular weight is 280 g/mol. The topological polar surface area (TPSA) is 83.2 Å². The summed E-state index contributed by atoms with van der Waals surface area (Å²) in [4.78, 5) is 0.566. The van der Waals surface area contributed by atoms with E-state index in [0.29, 0.717) is 31.7 Å². The number of halogens is 1. The molecule has 7 heteroatoms. The first-order valence-electron chi connectivity index (χ1n) is 4.49. The predicted molar refractivity (Wildman–Crippen MR) is 61.6 cm³/mol. The van der Waals surface area contributed by atoms with Crippen molar-refractivity contribution in [3.8, 4) is 0 Å². The van der Waals surface area contributed by atoms with Gasteiger partial charge in [0.05, 0.1) is 10.7 Å². The second-order valence-electron chi connectivity index (χ2n) is 3.35. The van der Waals surface area contributed by atoms with E-state index in [4.69, 9.17) is 5.73 Å². The minimum absolute atomic E-state index is 0.428. The maximum Gasteiger partial charge on any atom is 0.270 e. The molecule has 1 aromatic carbocycles. The number of anilines is 1.